The lowest BCUT2D eigenvalue weighted by atomic mass is 10.1. The molecule has 132 valence electrons. The Morgan fingerprint density at radius 1 is 1.38 bits per heavy atom. The summed E-state index contributed by atoms with van der Waals surface area (Å²) >= 11 is 2.76. The molecule has 0 saturated carbocycles. The fraction of sp³-hybridized carbons (Fsp3) is 0.188. The summed E-state index contributed by atoms with van der Waals surface area (Å²) in [7, 11) is 0. The number of nitrogens with one attached hydrogen (secondary N) is 1. The Balaban J connectivity index is 1.59. The summed E-state index contributed by atoms with van der Waals surface area (Å²) in [5.41, 5.74) is 3.96. The maximum Gasteiger partial charge on any atom is 0.265 e. The van der Waals surface area contributed by atoms with E-state index in [2.05, 4.69) is 20.5 Å². The zero-order valence-corrected chi connectivity index (χ0v) is 15.3. The lowest BCUT2D eigenvalue weighted by Gasteiger charge is -2.29. The first kappa shape index (κ1) is 16.6. The number of aryl methyl sites for hydroxylation is 1. The summed E-state index contributed by atoms with van der Waals surface area (Å²) in [5, 5.41) is 13.5. The number of anilines is 2. The van der Waals surface area contributed by atoms with E-state index in [1.807, 2.05) is 17.5 Å². The predicted octanol–water partition coefficient (Wildman–Crippen LogP) is 2.33. The Hall–Kier alpha value is -2.85. The highest BCUT2D eigenvalue weighted by atomic mass is 32.1. The Morgan fingerprint density at radius 3 is 3.00 bits per heavy atom. The number of thiazole rings is 1. The summed E-state index contributed by atoms with van der Waals surface area (Å²) < 4.78 is 5.48. The normalized spacial score (nSPS) is 13.3. The monoisotopic (exact) mass is 387 g/mol. The van der Waals surface area contributed by atoms with Crippen LogP contribution < -0.4 is 15.0 Å². The molecule has 0 bridgehead atoms. The molecule has 0 aliphatic carbocycles. The molecule has 4 rings (SSSR count). The molecule has 2 aromatic heterocycles. The molecular weight excluding hydrogens is 374 g/mol. The van der Waals surface area contributed by atoms with E-state index in [-0.39, 0.29) is 25.0 Å². The first-order valence-corrected chi connectivity index (χ1v) is 9.42. The molecule has 10 heteroatoms. The molecule has 2 amide bonds. The Labute approximate surface area is 156 Å². The van der Waals surface area contributed by atoms with Gasteiger partial charge < -0.3 is 4.74 Å². The second-order valence-electron chi connectivity index (χ2n) is 5.50. The molecule has 1 aliphatic rings. The third kappa shape index (κ3) is 3.28. The molecule has 1 N–H and O–H groups in total. The maximum absolute atomic E-state index is 12.3. The number of fused-ring (bicyclic) bond motifs is 1. The van der Waals surface area contributed by atoms with Gasteiger partial charge in [-0.3, -0.25) is 19.8 Å². The Morgan fingerprint density at radius 2 is 2.27 bits per heavy atom. The number of carbonyl (C=O) groups is 2. The van der Waals surface area contributed by atoms with Crippen molar-refractivity contribution in [3.8, 4) is 17.0 Å². The smallest absolute Gasteiger partial charge is 0.265 e. The van der Waals surface area contributed by atoms with Gasteiger partial charge in [0, 0.05) is 10.9 Å². The molecule has 0 saturated heterocycles. The summed E-state index contributed by atoms with van der Waals surface area (Å²) in [6.45, 7) is 1.57. The van der Waals surface area contributed by atoms with Crippen molar-refractivity contribution >= 4 is 45.3 Å². The summed E-state index contributed by atoms with van der Waals surface area (Å²) in [6, 6.07) is 5.48. The molecule has 0 fully saturated rings. The van der Waals surface area contributed by atoms with Gasteiger partial charge in [0.2, 0.25) is 11.0 Å². The highest BCUT2D eigenvalue weighted by Crippen LogP contribution is 2.36. The van der Waals surface area contributed by atoms with Gasteiger partial charge in [0.25, 0.3) is 5.91 Å². The van der Waals surface area contributed by atoms with Crippen LogP contribution in [-0.4, -0.2) is 40.1 Å². The molecule has 1 aromatic carbocycles. The number of nitrogens with zero attached hydrogens (tertiary/aromatic N) is 4. The molecule has 26 heavy (non-hydrogen) atoms. The molecule has 0 spiro atoms. The number of ether oxygens (including phenoxy) is 1. The van der Waals surface area contributed by atoms with E-state index in [0.717, 1.165) is 16.3 Å². The quantitative estimate of drug-likeness (QED) is 0.738. The molecule has 0 unspecified atom stereocenters. The number of hydrogen-bond acceptors (Lipinski definition) is 8. The van der Waals surface area contributed by atoms with Crippen molar-refractivity contribution in [1.82, 2.24) is 15.2 Å². The minimum atomic E-state index is -0.346. The van der Waals surface area contributed by atoms with Crippen molar-refractivity contribution < 1.29 is 14.3 Å². The molecule has 1 aliphatic heterocycles. The third-order valence-electron chi connectivity index (χ3n) is 3.70. The van der Waals surface area contributed by atoms with Crippen LogP contribution in [0.2, 0.25) is 0 Å². The van der Waals surface area contributed by atoms with Gasteiger partial charge in [0.05, 0.1) is 16.9 Å². The van der Waals surface area contributed by atoms with Crippen LogP contribution in [0, 0.1) is 6.92 Å². The van der Waals surface area contributed by atoms with Gasteiger partial charge in [-0.2, -0.15) is 0 Å². The lowest BCUT2D eigenvalue weighted by molar-refractivity contribution is -0.123. The number of benzene rings is 1. The minimum Gasteiger partial charge on any atom is -0.482 e. The van der Waals surface area contributed by atoms with E-state index in [1.165, 1.54) is 27.6 Å². The van der Waals surface area contributed by atoms with E-state index in [4.69, 9.17) is 4.74 Å². The Kier molecular flexibility index (Phi) is 4.35. The third-order valence-corrected chi connectivity index (χ3v) is 5.04. The second kappa shape index (κ2) is 6.81. The van der Waals surface area contributed by atoms with E-state index in [1.54, 1.807) is 18.5 Å². The number of rotatable bonds is 4. The van der Waals surface area contributed by atoms with Gasteiger partial charge in [-0.15, -0.1) is 21.5 Å². The van der Waals surface area contributed by atoms with Crippen molar-refractivity contribution in [2.24, 2.45) is 0 Å². The van der Waals surface area contributed by atoms with Crippen LogP contribution in [-0.2, 0) is 9.59 Å². The van der Waals surface area contributed by atoms with Crippen LogP contribution in [0.4, 0.5) is 10.8 Å². The van der Waals surface area contributed by atoms with Gasteiger partial charge in [0.1, 0.15) is 17.3 Å². The number of carbonyl (C=O) groups excluding carboxylic acids is 2. The van der Waals surface area contributed by atoms with E-state index < -0.39 is 0 Å². The minimum absolute atomic E-state index is 0.103. The van der Waals surface area contributed by atoms with Crippen LogP contribution >= 0.6 is 22.7 Å². The largest absolute Gasteiger partial charge is 0.482 e. The standard InChI is InChI=1S/C16H13N5O3S2/c1-9-19-20-16(26-9)18-14(22)5-21-12-4-10(11-7-25-8-17-11)2-3-13(12)24-6-15(21)23/h2-4,7-8H,5-6H2,1H3,(H,18,20,22). The zero-order valence-electron chi connectivity index (χ0n) is 13.6. The van der Waals surface area contributed by atoms with Crippen LogP contribution in [0.5, 0.6) is 5.75 Å². The first-order chi connectivity index (χ1) is 12.6. The average Bonchev–Trinajstić information content (AvgIpc) is 3.29. The van der Waals surface area contributed by atoms with E-state index in [0.29, 0.717) is 16.6 Å². The SMILES string of the molecule is Cc1nnc(NC(=O)CN2C(=O)COc3ccc(-c4cscn4)cc32)s1. The molecule has 3 aromatic rings. The van der Waals surface area contributed by atoms with Crippen LogP contribution in [0.15, 0.2) is 29.1 Å². The molecular formula is C16H13N5O3S2. The fourth-order valence-electron chi connectivity index (χ4n) is 2.54. The van der Waals surface area contributed by atoms with Crippen molar-refractivity contribution in [3.05, 3.63) is 34.1 Å². The zero-order chi connectivity index (χ0) is 18.1. The summed E-state index contributed by atoms with van der Waals surface area (Å²) in [4.78, 5) is 30.4. The molecule has 8 nitrogen and oxygen atoms in total. The lowest BCUT2D eigenvalue weighted by Crippen LogP contribution is -2.43. The first-order valence-electron chi connectivity index (χ1n) is 7.66. The van der Waals surface area contributed by atoms with Crippen molar-refractivity contribution in [2.75, 3.05) is 23.4 Å². The van der Waals surface area contributed by atoms with Crippen molar-refractivity contribution in [3.63, 3.8) is 0 Å². The van der Waals surface area contributed by atoms with E-state index >= 15 is 0 Å². The fourth-order valence-corrected chi connectivity index (χ4v) is 3.71. The number of aromatic nitrogens is 3. The van der Waals surface area contributed by atoms with E-state index in [9.17, 15) is 9.59 Å². The molecule has 0 atom stereocenters. The summed E-state index contributed by atoms with van der Waals surface area (Å²) in [6.07, 6.45) is 0. The summed E-state index contributed by atoms with van der Waals surface area (Å²) in [5.74, 6) is -0.0685. The van der Waals surface area contributed by atoms with Crippen molar-refractivity contribution in [2.45, 2.75) is 6.92 Å². The van der Waals surface area contributed by atoms with Gasteiger partial charge in [-0.05, 0) is 25.1 Å². The second-order valence-corrected chi connectivity index (χ2v) is 7.40. The highest BCUT2D eigenvalue weighted by Gasteiger charge is 2.28. The number of amides is 2. The van der Waals surface area contributed by atoms with Gasteiger partial charge in [-0.25, -0.2) is 4.98 Å². The van der Waals surface area contributed by atoms with Gasteiger partial charge in [0.15, 0.2) is 6.61 Å². The van der Waals surface area contributed by atoms with Crippen LogP contribution in [0.25, 0.3) is 11.3 Å². The number of hydrogen-bond donors (Lipinski definition) is 1. The van der Waals surface area contributed by atoms with Gasteiger partial charge in [-0.1, -0.05) is 11.3 Å². The average molecular weight is 387 g/mol. The van der Waals surface area contributed by atoms with Crippen LogP contribution in [0.1, 0.15) is 5.01 Å². The van der Waals surface area contributed by atoms with Crippen molar-refractivity contribution in [1.29, 1.82) is 0 Å². The maximum atomic E-state index is 12.3. The topological polar surface area (TPSA) is 97.3 Å². The molecule has 0 radical (unpaired) electrons. The predicted molar refractivity (Wildman–Crippen MR) is 98.7 cm³/mol. The Bertz CT molecular complexity index is 970. The highest BCUT2D eigenvalue weighted by molar-refractivity contribution is 7.15. The van der Waals surface area contributed by atoms with Gasteiger partial charge >= 0.3 is 0 Å². The molecule has 3 heterocycles. The van der Waals surface area contributed by atoms with Crippen LogP contribution in [0.3, 0.4) is 0 Å².